The molecule has 0 atom stereocenters. The van der Waals surface area contributed by atoms with Crippen molar-refractivity contribution in [3.8, 4) is 11.3 Å². The van der Waals surface area contributed by atoms with E-state index in [-0.39, 0.29) is 5.91 Å². The van der Waals surface area contributed by atoms with Crippen LogP contribution in [-0.4, -0.2) is 10.9 Å². The molecule has 1 aliphatic heterocycles. The van der Waals surface area contributed by atoms with Gasteiger partial charge < -0.3 is 5.32 Å². The van der Waals surface area contributed by atoms with Gasteiger partial charge in [-0.15, -0.1) is 0 Å². The number of carbonyl (C=O) groups excluding carboxylic acids is 1. The van der Waals surface area contributed by atoms with E-state index in [2.05, 4.69) is 10.3 Å². The lowest BCUT2D eigenvalue weighted by Crippen LogP contribution is -2.13. The standard InChI is InChI=1S/C14H10Cl2N2O/c1-7-5-8-6-17-14(19)11(8)13(18-7)9-3-2-4-10(15)12(9)16/h2-5H,6H2,1H3,(H,17,19). The van der Waals surface area contributed by atoms with Crippen molar-refractivity contribution in [1.29, 1.82) is 0 Å². The van der Waals surface area contributed by atoms with Crippen LogP contribution in [0.1, 0.15) is 21.6 Å². The summed E-state index contributed by atoms with van der Waals surface area (Å²) in [5.74, 6) is -0.117. The molecule has 0 fully saturated rings. The second-order valence-corrected chi connectivity index (χ2v) is 5.22. The van der Waals surface area contributed by atoms with Crippen LogP contribution in [0.15, 0.2) is 24.3 Å². The minimum Gasteiger partial charge on any atom is -0.348 e. The molecule has 96 valence electrons. The summed E-state index contributed by atoms with van der Waals surface area (Å²) in [4.78, 5) is 16.4. The summed E-state index contributed by atoms with van der Waals surface area (Å²) in [6.45, 7) is 2.42. The normalized spacial score (nSPS) is 13.3. The highest BCUT2D eigenvalue weighted by atomic mass is 35.5. The van der Waals surface area contributed by atoms with Gasteiger partial charge in [-0.05, 0) is 24.6 Å². The highest BCUT2D eigenvalue weighted by molar-refractivity contribution is 6.43. The molecule has 0 aliphatic carbocycles. The maximum atomic E-state index is 11.9. The van der Waals surface area contributed by atoms with Crippen LogP contribution in [0.2, 0.25) is 10.0 Å². The Bertz CT molecular complexity index is 698. The van der Waals surface area contributed by atoms with E-state index < -0.39 is 0 Å². The first-order valence-corrected chi connectivity index (χ1v) is 6.56. The monoisotopic (exact) mass is 292 g/mol. The average Bonchev–Trinajstić information content (AvgIpc) is 2.73. The van der Waals surface area contributed by atoms with Crippen LogP contribution >= 0.6 is 23.2 Å². The number of rotatable bonds is 1. The first kappa shape index (κ1) is 12.5. The van der Waals surface area contributed by atoms with E-state index in [1.165, 1.54) is 0 Å². The molecule has 1 aromatic carbocycles. The zero-order valence-electron chi connectivity index (χ0n) is 10.1. The summed E-state index contributed by atoms with van der Waals surface area (Å²) >= 11 is 12.3. The molecule has 0 saturated heterocycles. The smallest absolute Gasteiger partial charge is 0.254 e. The van der Waals surface area contributed by atoms with Crippen LogP contribution < -0.4 is 5.32 Å². The van der Waals surface area contributed by atoms with Crippen LogP contribution in [0.4, 0.5) is 0 Å². The van der Waals surface area contributed by atoms with Crippen molar-refractivity contribution in [2.24, 2.45) is 0 Å². The molecular weight excluding hydrogens is 283 g/mol. The molecule has 1 aliphatic rings. The molecule has 2 heterocycles. The number of pyridine rings is 1. The van der Waals surface area contributed by atoms with Gasteiger partial charge in [0.1, 0.15) is 0 Å². The summed E-state index contributed by atoms with van der Waals surface area (Å²) in [5, 5.41) is 3.68. The number of aromatic nitrogens is 1. The predicted molar refractivity (Wildman–Crippen MR) is 75.6 cm³/mol. The Hall–Kier alpha value is -1.58. The Balaban J connectivity index is 2.32. The van der Waals surface area contributed by atoms with Crippen molar-refractivity contribution in [1.82, 2.24) is 10.3 Å². The van der Waals surface area contributed by atoms with Gasteiger partial charge in [0.25, 0.3) is 5.91 Å². The third kappa shape index (κ3) is 1.99. The molecule has 1 amide bonds. The van der Waals surface area contributed by atoms with Crippen molar-refractivity contribution in [2.45, 2.75) is 13.5 Å². The second kappa shape index (κ2) is 4.51. The third-order valence-electron chi connectivity index (χ3n) is 3.10. The summed E-state index contributed by atoms with van der Waals surface area (Å²) in [6, 6.07) is 7.24. The molecule has 2 aromatic rings. The molecule has 3 rings (SSSR count). The van der Waals surface area contributed by atoms with E-state index in [9.17, 15) is 4.79 Å². The van der Waals surface area contributed by atoms with E-state index in [0.717, 1.165) is 11.3 Å². The third-order valence-corrected chi connectivity index (χ3v) is 3.92. The largest absolute Gasteiger partial charge is 0.348 e. The molecule has 19 heavy (non-hydrogen) atoms. The molecule has 0 saturated carbocycles. The molecule has 1 aromatic heterocycles. The SMILES string of the molecule is Cc1cc2c(c(-c3cccc(Cl)c3Cl)n1)C(=O)NC2. The van der Waals surface area contributed by atoms with Gasteiger partial charge in [0.05, 0.1) is 21.3 Å². The molecule has 5 heteroatoms. The predicted octanol–water partition coefficient (Wildman–Crippen LogP) is 3.61. The maximum absolute atomic E-state index is 11.9. The fourth-order valence-electron chi connectivity index (χ4n) is 2.28. The van der Waals surface area contributed by atoms with Gasteiger partial charge in [-0.2, -0.15) is 0 Å². The number of halogens is 2. The highest BCUT2D eigenvalue weighted by Gasteiger charge is 2.26. The number of hydrogen-bond donors (Lipinski definition) is 1. The fraction of sp³-hybridized carbons (Fsp3) is 0.143. The van der Waals surface area contributed by atoms with Crippen molar-refractivity contribution in [3.05, 3.63) is 51.1 Å². The summed E-state index contributed by atoms with van der Waals surface area (Å²) in [5.41, 5.74) is 3.67. The maximum Gasteiger partial charge on any atom is 0.254 e. The van der Waals surface area contributed by atoms with Crippen molar-refractivity contribution >= 4 is 29.1 Å². The van der Waals surface area contributed by atoms with Crippen LogP contribution in [0.25, 0.3) is 11.3 Å². The van der Waals surface area contributed by atoms with E-state index in [0.29, 0.717) is 33.4 Å². The van der Waals surface area contributed by atoms with Gasteiger partial charge in [-0.1, -0.05) is 35.3 Å². The number of nitrogens with zero attached hydrogens (tertiary/aromatic N) is 1. The Labute approximate surface area is 120 Å². The summed E-state index contributed by atoms with van der Waals surface area (Å²) < 4.78 is 0. The van der Waals surface area contributed by atoms with Gasteiger partial charge in [-0.25, -0.2) is 0 Å². The first-order valence-electron chi connectivity index (χ1n) is 5.81. The second-order valence-electron chi connectivity index (χ2n) is 4.43. The molecule has 0 unspecified atom stereocenters. The quantitative estimate of drug-likeness (QED) is 0.872. The molecular formula is C14H10Cl2N2O. The lowest BCUT2D eigenvalue weighted by atomic mass is 10.0. The van der Waals surface area contributed by atoms with E-state index in [1.807, 2.05) is 19.1 Å². The van der Waals surface area contributed by atoms with Crippen LogP contribution in [0.3, 0.4) is 0 Å². The summed E-state index contributed by atoms with van der Waals surface area (Å²) in [7, 11) is 0. The molecule has 0 radical (unpaired) electrons. The summed E-state index contributed by atoms with van der Waals surface area (Å²) in [6.07, 6.45) is 0. The molecule has 0 bridgehead atoms. The zero-order chi connectivity index (χ0) is 13.6. The first-order chi connectivity index (χ1) is 9.08. The van der Waals surface area contributed by atoms with Crippen molar-refractivity contribution in [2.75, 3.05) is 0 Å². The number of nitrogens with one attached hydrogen (secondary N) is 1. The number of benzene rings is 1. The van der Waals surface area contributed by atoms with Gasteiger partial charge in [-0.3, -0.25) is 9.78 Å². The lowest BCUT2D eigenvalue weighted by Gasteiger charge is -2.10. The number of hydrogen-bond acceptors (Lipinski definition) is 2. The van der Waals surface area contributed by atoms with Crippen molar-refractivity contribution < 1.29 is 4.79 Å². The Morgan fingerprint density at radius 3 is 2.89 bits per heavy atom. The van der Waals surface area contributed by atoms with Gasteiger partial charge in [0, 0.05) is 17.8 Å². The lowest BCUT2D eigenvalue weighted by molar-refractivity contribution is 0.0966. The zero-order valence-corrected chi connectivity index (χ0v) is 11.6. The minimum absolute atomic E-state index is 0.117. The van der Waals surface area contributed by atoms with Crippen LogP contribution in [0, 0.1) is 6.92 Å². The fourth-order valence-corrected chi connectivity index (χ4v) is 2.67. The van der Waals surface area contributed by atoms with Crippen LogP contribution in [-0.2, 0) is 6.54 Å². The Morgan fingerprint density at radius 1 is 1.32 bits per heavy atom. The number of amides is 1. The van der Waals surface area contributed by atoms with Crippen molar-refractivity contribution in [3.63, 3.8) is 0 Å². The van der Waals surface area contributed by atoms with E-state index in [4.69, 9.17) is 23.2 Å². The molecule has 0 spiro atoms. The molecule has 3 nitrogen and oxygen atoms in total. The molecule has 1 N–H and O–H groups in total. The Kier molecular flexibility index (Phi) is 2.96. The Morgan fingerprint density at radius 2 is 2.11 bits per heavy atom. The van der Waals surface area contributed by atoms with Gasteiger partial charge in [0.2, 0.25) is 0 Å². The van der Waals surface area contributed by atoms with E-state index >= 15 is 0 Å². The minimum atomic E-state index is -0.117. The van der Waals surface area contributed by atoms with Gasteiger partial charge >= 0.3 is 0 Å². The topological polar surface area (TPSA) is 42.0 Å². The number of carbonyl (C=O) groups is 1. The van der Waals surface area contributed by atoms with Gasteiger partial charge in [0.15, 0.2) is 0 Å². The number of fused-ring (bicyclic) bond motifs is 1. The van der Waals surface area contributed by atoms with Crippen LogP contribution in [0.5, 0.6) is 0 Å². The number of aryl methyl sites for hydroxylation is 1. The highest BCUT2D eigenvalue weighted by Crippen LogP contribution is 2.36. The van der Waals surface area contributed by atoms with E-state index in [1.54, 1.807) is 12.1 Å². The average molecular weight is 293 g/mol.